The normalized spacial score (nSPS) is 11.1. The van der Waals surface area contributed by atoms with Crippen molar-refractivity contribution < 1.29 is 0 Å². The number of rotatable bonds is 5. The van der Waals surface area contributed by atoms with Crippen LogP contribution in [0.3, 0.4) is 0 Å². The monoisotopic (exact) mass is 241 g/mol. The molecular formula is C13H15N5. The van der Waals surface area contributed by atoms with Gasteiger partial charge in [-0.05, 0) is 11.6 Å². The number of H-pyrrole nitrogens is 1. The average Bonchev–Trinajstić information content (AvgIpc) is 3.04. The van der Waals surface area contributed by atoms with Crippen molar-refractivity contribution in [3.63, 3.8) is 0 Å². The smallest absolute Gasteiger partial charge is 0.0692 e. The standard InChI is InChI=1S/C13H15N5/c1-2-4-13-12(3-1)11(10-15-13)9-14-5-7-18-8-6-16-17-18/h1-4,6,8,10,14-15H,5,7,9H2. The molecule has 2 N–H and O–H groups in total. The van der Waals surface area contributed by atoms with Crippen molar-refractivity contribution in [2.24, 2.45) is 0 Å². The minimum absolute atomic E-state index is 0.836. The number of hydrogen-bond acceptors (Lipinski definition) is 3. The van der Waals surface area contributed by atoms with Crippen molar-refractivity contribution in [1.82, 2.24) is 25.3 Å². The minimum Gasteiger partial charge on any atom is -0.361 e. The average molecular weight is 241 g/mol. The van der Waals surface area contributed by atoms with Gasteiger partial charge in [0.25, 0.3) is 0 Å². The van der Waals surface area contributed by atoms with Crippen LogP contribution in [0.1, 0.15) is 5.56 Å². The SMILES string of the molecule is c1ccc2c(CNCCn3ccnn3)c[nH]c2c1. The predicted octanol–water partition coefficient (Wildman–Crippen LogP) is 1.55. The number of para-hydroxylation sites is 1. The van der Waals surface area contributed by atoms with Crippen molar-refractivity contribution in [3.05, 3.63) is 48.4 Å². The van der Waals surface area contributed by atoms with Crippen LogP contribution in [0, 0.1) is 0 Å². The number of benzene rings is 1. The molecule has 92 valence electrons. The molecule has 0 spiro atoms. The van der Waals surface area contributed by atoms with Crippen molar-refractivity contribution in [2.45, 2.75) is 13.1 Å². The highest BCUT2D eigenvalue weighted by atomic mass is 15.4. The lowest BCUT2D eigenvalue weighted by molar-refractivity contribution is 0.541. The van der Waals surface area contributed by atoms with Gasteiger partial charge in [-0.25, -0.2) is 0 Å². The first-order chi connectivity index (χ1) is 8.93. The molecule has 0 unspecified atom stereocenters. The van der Waals surface area contributed by atoms with Gasteiger partial charge in [0.1, 0.15) is 0 Å². The lowest BCUT2D eigenvalue weighted by atomic mass is 10.2. The zero-order valence-electron chi connectivity index (χ0n) is 10.0. The Bertz CT molecular complexity index is 611. The first kappa shape index (κ1) is 11.0. The summed E-state index contributed by atoms with van der Waals surface area (Å²) in [5.74, 6) is 0. The third-order valence-electron chi connectivity index (χ3n) is 2.98. The van der Waals surface area contributed by atoms with Crippen LogP contribution >= 0.6 is 0 Å². The molecule has 0 saturated heterocycles. The van der Waals surface area contributed by atoms with Crippen LogP contribution in [0.5, 0.6) is 0 Å². The quantitative estimate of drug-likeness (QED) is 0.666. The third-order valence-corrected chi connectivity index (χ3v) is 2.98. The van der Waals surface area contributed by atoms with E-state index in [0.717, 1.165) is 19.6 Å². The van der Waals surface area contributed by atoms with Crippen LogP contribution in [0.25, 0.3) is 10.9 Å². The van der Waals surface area contributed by atoms with E-state index in [2.05, 4.69) is 45.0 Å². The summed E-state index contributed by atoms with van der Waals surface area (Å²) in [7, 11) is 0. The molecule has 3 rings (SSSR count). The van der Waals surface area contributed by atoms with Gasteiger partial charge in [-0.15, -0.1) is 5.10 Å². The molecule has 5 nitrogen and oxygen atoms in total. The summed E-state index contributed by atoms with van der Waals surface area (Å²) in [6.07, 6.45) is 5.63. The molecule has 2 heterocycles. The highest BCUT2D eigenvalue weighted by Gasteiger charge is 2.01. The van der Waals surface area contributed by atoms with Gasteiger partial charge in [0.05, 0.1) is 12.7 Å². The first-order valence-electron chi connectivity index (χ1n) is 6.03. The van der Waals surface area contributed by atoms with Crippen molar-refractivity contribution >= 4 is 10.9 Å². The summed E-state index contributed by atoms with van der Waals surface area (Å²) in [5.41, 5.74) is 2.48. The Morgan fingerprint density at radius 2 is 2.22 bits per heavy atom. The molecule has 0 bridgehead atoms. The van der Waals surface area contributed by atoms with Crippen LogP contribution in [0.4, 0.5) is 0 Å². The topological polar surface area (TPSA) is 58.5 Å². The Morgan fingerprint density at radius 3 is 3.11 bits per heavy atom. The van der Waals surface area contributed by atoms with Crippen LogP contribution in [0.2, 0.25) is 0 Å². The zero-order valence-corrected chi connectivity index (χ0v) is 10.0. The second kappa shape index (κ2) is 5.01. The van der Waals surface area contributed by atoms with Gasteiger partial charge in [0.2, 0.25) is 0 Å². The Kier molecular flexibility index (Phi) is 3.06. The van der Waals surface area contributed by atoms with E-state index < -0.39 is 0 Å². The number of aromatic amines is 1. The molecule has 0 aliphatic rings. The molecule has 5 heteroatoms. The Labute approximate surface area is 105 Å². The van der Waals surface area contributed by atoms with Crippen molar-refractivity contribution in [2.75, 3.05) is 6.54 Å². The van der Waals surface area contributed by atoms with Crippen molar-refractivity contribution in [1.29, 1.82) is 0 Å². The van der Waals surface area contributed by atoms with Gasteiger partial charge < -0.3 is 10.3 Å². The third kappa shape index (κ3) is 2.26. The van der Waals surface area contributed by atoms with Gasteiger partial charge >= 0.3 is 0 Å². The molecule has 0 saturated carbocycles. The van der Waals surface area contributed by atoms with Crippen LogP contribution in [-0.2, 0) is 13.1 Å². The number of hydrogen-bond donors (Lipinski definition) is 2. The fourth-order valence-electron chi connectivity index (χ4n) is 2.05. The fourth-order valence-corrected chi connectivity index (χ4v) is 2.05. The molecule has 0 radical (unpaired) electrons. The lowest BCUT2D eigenvalue weighted by Crippen LogP contribution is -2.19. The van der Waals surface area contributed by atoms with E-state index in [1.54, 1.807) is 6.20 Å². The second-order valence-corrected chi connectivity index (χ2v) is 4.20. The van der Waals surface area contributed by atoms with Gasteiger partial charge in [-0.3, -0.25) is 4.68 Å². The van der Waals surface area contributed by atoms with E-state index in [9.17, 15) is 0 Å². The summed E-state index contributed by atoms with van der Waals surface area (Å²) in [6, 6.07) is 8.34. The summed E-state index contributed by atoms with van der Waals surface area (Å²) in [6.45, 7) is 2.57. The number of aromatic nitrogens is 4. The molecule has 18 heavy (non-hydrogen) atoms. The maximum absolute atomic E-state index is 3.92. The molecule has 0 amide bonds. The number of nitrogens with one attached hydrogen (secondary N) is 2. The van der Waals surface area contributed by atoms with Gasteiger partial charge in [0, 0.05) is 36.4 Å². The Hall–Kier alpha value is -2.14. The first-order valence-corrected chi connectivity index (χ1v) is 6.03. The Balaban J connectivity index is 1.57. The van der Waals surface area contributed by atoms with E-state index in [-0.39, 0.29) is 0 Å². The van der Waals surface area contributed by atoms with Gasteiger partial charge in [-0.1, -0.05) is 23.4 Å². The summed E-state index contributed by atoms with van der Waals surface area (Å²) >= 11 is 0. The van der Waals surface area contributed by atoms with E-state index in [4.69, 9.17) is 0 Å². The highest BCUT2D eigenvalue weighted by Crippen LogP contribution is 2.16. The molecule has 2 aromatic heterocycles. The number of fused-ring (bicyclic) bond motifs is 1. The van der Waals surface area contributed by atoms with Crippen LogP contribution in [-0.4, -0.2) is 26.5 Å². The second-order valence-electron chi connectivity index (χ2n) is 4.20. The van der Waals surface area contributed by atoms with E-state index in [1.165, 1.54) is 16.5 Å². The van der Waals surface area contributed by atoms with E-state index in [1.807, 2.05) is 16.9 Å². The molecule has 0 aliphatic carbocycles. The largest absolute Gasteiger partial charge is 0.361 e. The molecule has 0 fully saturated rings. The summed E-state index contributed by atoms with van der Waals surface area (Å²) < 4.78 is 1.82. The van der Waals surface area contributed by atoms with E-state index in [0.29, 0.717) is 0 Å². The van der Waals surface area contributed by atoms with Gasteiger partial charge in [-0.2, -0.15) is 0 Å². The molecule has 3 aromatic rings. The maximum Gasteiger partial charge on any atom is 0.0692 e. The predicted molar refractivity (Wildman–Crippen MR) is 70.0 cm³/mol. The van der Waals surface area contributed by atoms with Crippen LogP contribution in [0.15, 0.2) is 42.9 Å². The summed E-state index contributed by atoms with van der Waals surface area (Å²) in [4.78, 5) is 3.28. The Morgan fingerprint density at radius 1 is 1.28 bits per heavy atom. The minimum atomic E-state index is 0.836. The highest BCUT2D eigenvalue weighted by molar-refractivity contribution is 5.82. The fraction of sp³-hybridized carbons (Fsp3) is 0.231. The molecule has 1 aromatic carbocycles. The lowest BCUT2D eigenvalue weighted by Gasteiger charge is -2.03. The molecular weight excluding hydrogens is 226 g/mol. The van der Waals surface area contributed by atoms with Gasteiger partial charge in [0.15, 0.2) is 0 Å². The van der Waals surface area contributed by atoms with Crippen LogP contribution < -0.4 is 5.32 Å². The maximum atomic E-state index is 3.92. The molecule has 0 atom stereocenters. The number of nitrogens with zero attached hydrogens (tertiary/aromatic N) is 3. The van der Waals surface area contributed by atoms with Crippen molar-refractivity contribution in [3.8, 4) is 0 Å². The van der Waals surface area contributed by atoms with E-state index >= 15 is 0 Å². The molecule has 0 aliphatic heterocycles. The summed E-state index contributed by atoms with van der Waals surface area (Å²) in [5, 5.41) is 12.4. The zero-order chi connectivity index (χ0) is 12.2.